The Bertz CT molecular complexity index is 319. The van der Waals surface area contributed by atoms with Crippen LogP contribution in [0.5, 0.6) is 0 Å². The van der Waals surface area contributed by atoms with Crippen LogP contribution in [0.4, 0.5) is 0 Å². The highest BCUT2D eigenvalue weighted by Gasteiger charge is 2.42. The zero-order valence-corrected chi connectivity index (χ0v) is 7.16. The Morgan fingerprint density at radius 1 is 1.25 bits per heavy atom. The maximum Gasteiger partial charge on any atom is 0.0838 e. The van der Waals surface area contributed by atoms with Gasteiger partial charge in [0, 0.05) is 5.92 Å². The lowest BCUT2D eigenvalue weighted by molar-refractivity contribution is 0.0428. The Hall–Kier alpha value is -0.820. The van der Waals surface area contributed by atoms with Crippen molar-refractivity contribution in [3.05, 3.63) is 35.4 Å². The molecule has 62 valence electrons. The van der Waals surface area contributed by atoms with Gasteiger partial charge in [0.2, 0.25) is 0 Å². The summed E-state index contributed by atoms with van der Waals surface area (Å²) in [5.74, 6) is 0.672. The van der Waals surface area contributed by atoms with E-state index in [1.54, 1.807) is 0 Å². The minimum absolute atomic E-state index is 0.404. The van der Waals surface area contributed by atoms with Crippen LogP contribution in [0.3, 0.4) is 0 Å². The third-order valence-electron chi connectivity index (χ3n) is 3.16. The zero-order valence-electron chi connectivity index (χ0n) is 7.16. The average Bonchev–Trinajstić information content (AvgIpc) is 2.62. The fourth-order valence-electron chi connectivity index (χ4n) is 2.55. The van der Waals surface area contributed by atoms with E-state index in [2.05, 4.69) is 31.2 Å². The topological polar surface area (TPSA) is 9.23 Å². The summed E-state index contributed by atoms with van der Waals surface area (Å²) in [5, 5.41) is 0. The Labute approximate surface area is 72.4 Å². The third-order valence-corrected chi connectivity index (χ3v) is 3.16. The monoisotopic (exact) mass is 160 g/mol. The zero-order chi connectivity index (χ0) is 8.13. The van der Waals surface area contributed by atoms with E-state index in [0.717, 1.165) is 0 Å². The van der Waals surface area contributed by atoms with E-state index in [1.165, 1.54) is 17.5 Å². The molecule has 0 N–H and O–H groups in total. The molecular weight excluding hydrogens is 148 g/mol. The number of benzene rings is 1. The molecular formula is C11H12O. The van der Waals surface area contributed by atoms with Crippen LogP contribution in [0.2, 0.25) is 0 Å². The summed E-state index contributed by atoms with van der Waals surface area (Å²) < 4.78 is 5.79. The van der Waals surface area contributed by atoms with Crippen LogP contribution in [-0.4, -0.2) is 6.10 Å². The highest BCUT2D eigenvalue weighted by molar-refractivity contribution is 5.39. The second kappa shape index (κ2) is 2.11. The molecule has 1 aromatic carbocycles. The molecule has 2 bridgehead atoms. The number of hydrogen-bond acceptors (Lipinski definition) is 1. The number of ether oxygens (including phenoxy) is 1. The first-order valence-electron chi connectivity index (χ1n) is 4.60. The second-order valence-corrected chi connectivity index (χ2v) is 3.80. The summed E-state index contributed by atoms with van der Waals surface area (Å²) in [6.07, 6.45) is 2.05. The molecule has 3 unspecified atom stereocenters. The predicted octanol–water partition coefficient (Wildman–Crippen LogP) is 2.63. The molecule has 3 atom stereocenters. The molecule has 1 saturated heterocycles. The molecule has 3 rings (SSSR count). The Morgan fingerprint density at radius 2 is 2.00 bits per heavy atom. The van der Waals surface area contributed by atoms with E-state index < -0.39 is 0 Å². The molecule has 1 aliphatic carbocycles. The predicted molar refractivity (Wildman–Crippen MR) is 47.1 cm³/mol. The highest BCUT2D eigenvalue weighted by atomic mass is 16.5. The number of fused-ring (bicyclic) bond motifs is 5. The van der Waals surface area contributed by atoms with Crippen molar-refractivity contribution < 1.29 is 4.74 Å². The summed E-state index contributed by atoms with van der Waals surface area (Å²) in [4.78, 5) is 0. The van der Waals surface area contributed by atoms with Crippen LogP contribution in [-0.2, 0) is 4.74 Å². The summed E-state index contributed by atoms with van der Waals surface area (Å²) >= 11 is 0. The van der Waals surface area contributed by atoms with Gasteiger partial charge >= 0.3 is 0 Å². The molecule has 1 fully saturated rings. The highest BCUT2D eigenvalue weighted by Crippen LogP contribution is 2.51. The van der Waals surface area contributed by atoms with Crippen LogP contribution < -0.4 is 0 Å². The number of hydrogen-bond donors (Lipinski definition) is 0. The average molecular weight is 160 g/mol. The molecule has 1 heterocycles. The van der Waals surface area contributed by atoms with Crippen molar-refractivity contribution >= 4 is 0 Å². The summed E-state index contributed by atoms with van der Waals surface area (Å²) in [6.45, 7) is 2.18. The summed E-state index contributed by atoms with van der Waals surface area (Å²) in [6, 6.07) is 8.69. The molecule has 0 amide bonds. The summed E-state index contributed by atoms with van der Waals surface area (Å²) in [5.41, 5.74) is 2.96. The van der Waals surface area contributed by atoms with Crippen molar-refractivity contribution in [3.63, 3.8) is 0 Å². The fraction of sp³-hybridized carbons (Fsp3) is 0.455. The Balaban J connectivity index is 2.17. The molecule has 2 aliphatic rings. The van der Waals surface area contributed by atoms with Gasteiger partial charge in [0.15, 0.2) is 0 Å². The van der Waals surface area contributed by atoms with Gasteiger partial charge in [0.05, 0.1) is 12.2 Å². The van der Waals surface area contributed by atoms with E-state index in [-0.39, 0.29) is 0 Å². The van der Waals surface area contributed by atoms with E-state index >= 15 is 0 Å². The molecule has 0 aromatic heterocycles. The van der Waals surface area contributed by atoms with Gasteiger partial charge in [-0.05, 0) is 24.5 Å². The fourth-order valence-corrected chi connectivity index (χ4v) is 2.55. The van der Waals surface area contributed by atoms with E-state index in [0.29, 0.717) is 18.1 Å². The molecule has 1 aromatic rings. The first-order valence-corrected chi connectivity index (χ1v) is 4.60. The van der Waals surface area contributed by atoms with Crippen molar-refractivity contribution in [1.29, 1.82) is 0 Å². The lowest BCUT2D eigenvalue weighted by atomic mass is 9.96. The van der Waals surface area contributed by atoms with Gasteiger partial charge in [-0.1, -0.05) is 24.3 Å². The standard InChI is InChI=1S/C11H12O/c1-7-10-6-11(12-7)9-5-3-2-4-8(9)10/h2-5,7,10-11H,6H2,1H3. The molecule has 1 nitrogen and oxygen atoms in total. The molecule has 0 spiro atoms. The van der Waals surface area contributed by atoms with E-state index in [1.807, 2.05) is 0 Å². The van der Waals surface area contributed by atoms with Crippen molar-refractivity contribution in [2.45, 2.75) is 31.5 Å². The lowest BCUT2D eigenvalue weighted by Gasteiger charge is -2.21. The Kier molecular flexibility index (Phi) is 1.17. The van der Waals surface area contributed by atoms with Crippen LogP contribution in [0, 0.1) is 0 Å². The minimum atomic E-state index is 0.404. The quantitative estimate of drug-likeness (QED) is 0.567. The second-order valence-electron chi connectivity index (χ2n) is 3.80. The molecule has 0 saturated carbocycles. The first kappa shape index (κ1) is 6.67. The molecule has 1 aliphatic heterocycles. The molecule has 12 heavy (non-hydrogen) atoms. The van der Waals surface area contributed by atoms with Gasteiger partial charge in [0.1, 0.15) is 0 Å². The van der Waals surface area contributed by atoms with Crippen molar-refractivity contribution in [3.8, 4) is 0 Å². The van der Waals surface area contributed by atoms with Crippen molar-refractivity contribution in [1.82, 2.24) is 0 Å². The van der Waals surface area contributed by atoms with Gasteiger partial charge in [-0.25, -0.2) is 0 Å². The minimum Gasteiger partial charge on any atom is -0.370 e. The van der Waals surface area contributed by atoms with Crippen LogP contribution >= 0.6 is 0 Å². The van der Waals surface area contributed by atoms with Gasteiger partial charge in [-0.2, -0.15) is 0 Å². The normalized spacial score (nSPS) is 36.9. The lowest BCUT2D eigenvalue weighted by Crippen LogP contribution is -2.14. The van der Waals surface area contributed by atoms with Crippen LogP contribution in [0.15, 0.2) is 24.3 Å². The maximum atomic E-state index is 5.79. The van der Waals surface area contributed by atoms with Gasteiger partial charge < -0.3 is 4.74 Å². The van der Waals surface area contributed by atoms with E-state index in [9.17, 15) is 0 Å². The van der Waals surface area contributed by atoms with E-state index in [4.69, 9.17) is 4.74 Å². The largest absolute Gasteiger partial charge is 0.370 e. The number of rotatable bonds is 0. The first-order chi connectivity index (χ1) is 5.86. The van der Waals surface area contributed by atoms with Crippen LogP contribution in [0.1, 0.15) is 36.5 Å². The SMILES string of the molecule is CC1OC2CC1c1ccccc12. The Morgan fingerprint density at radius 3 is 2.83 bits per heavy atom. The maximum absolute atomic E-state index is 5.79. The molecule has 1 heteroatoms. The van der Waals surface area contributed by atoms with Gasteiger partial charge in [0.25, 0.3) is 0 Å². The smallest absolute Gasteiger partial charge is 0.0838 e. The molecule has 0 radical (unpaired) electrons. The van der Waals surface area contributed by atoms with Crippen molar-refractivity contribution in [2.24, 2.45) is 0 Å². The van der Waals surface area contributed by atoms with Gasteiger partial charge in [-0.15, -0.1) is 0 Å². The third kappa shape index (κ3) is 0.674. The van der Waals surface area contributed by atoms with Crippen molar-refractivity contribution in [2.75, 3.05) is 0 Å². The van der Waals surface area contributed by atoms with Crippen LogP contribution in [0.25, 0.3) is 0 Å². The van der Waals surface area contributed by atoms with Gasteiger partial charge in [-0.3, -0.25) is 0 Å². The summed E-state index contributed by atoms with van der Waals surface area (Å²) in [7, 11) is 0.